The van der Waals surface area contributed by atoms with Crippen LogP contribution in [-0.4, -0.2) is 60.2 Å². The molecular formula is C22H26ClFN4O2S. The summed E-state index contributed by atoms with van der Waals surface area (Å²) in [5.41, 5.74) is 1.08. The minimum atomic E-state index is -2.81. The van der Waals surface area contributed by atoms with Gasteiger partial charge in [-0.1, -0.05) is 11.6 Å². The Bertz CT molecular complexity index is 1040. The van der Waals surface area contributed by atoms with Gasteiger partial charge in [0.25, 0.3) is 0 Å². The highest BCUT2D eigenvalue weighted by Crippen LogP contribution is 2.41. The fourth-order valence-electron chi connectivity index (χ4n) is 5.45. The molecule has 3 aliphatic rings. The van der Waals surface area contributed by atoms with Crippen LogP contribution < -0.4 is 5.32 Å². The van der Waals surface area contributed by atoms with Gasteiger partial charge in [-0.2, -0.15) is 0 Å². The molecule has 5 rings (SSSR count). The summed E-state index contributed by atoms with van der Waals surface area (Å²) < 4.78 is 36.9. The molecule has 3 atom stereocenters. The van der Waals surface area contributed by atoms with Gasteiger partial charge in [0.1, 0.15) is 21.5 Å². The van der Waals surface area contributed by atoms with Gasteiger partial charge in [-0.3, -0.25) is 4.90 Å². The third kappa shape index (κ3) is 4.56. The summed E-state index contributed by atoms with van der Waals surface area (Å²) in [6.07, 6.45) is 3.73. The van der Waals surface area contributed by atoms with Gasteiger partial charge in [-0.05, 0) is 67.9 Å². The SMILES string of the molecule is O=S1(=O)CCC(N2C[C@H]3C[C@@H](Nc4ccc(-c5cc(F)ccc5Cl)nn4)C[C@H]3C2)CC1. The summed E-state index contributed by atoms with van der Waals surface area (Å²) in [5.74, 6) is 2.33. The first-order valence-electron chi connectivity index (χ1n) is 10.9. The molecule has 0 unspecified atom stereocenters. The maximum atomic E-state index is 13.5. The highest BCUT2D eigenvalue weighted by atomic mass is 35.5. The van der Waals surface area contributed by atoms with E-state index in [9.17, 15) is 12.8 Å². The number of hydrogen-bond donors (Lipinski definition) is 1. The Hall–Kier alpha value is -1.77. The molecule has 0 amide bonds. The molecular weight excluding hydrogens is 439 g/mol. The van der Waals surface area contributed by atoms with E-state index in [0.717, 1.165) is 44.6 Å². The monoisotopic (exact) mass is 464 g/mol. The van der Waals surface area contributed by atoms with Crippen LogP contribution in [-0.2, 0) is 9.84 Å². The Morgan fingerprint density at radius 2 is 1.74 bits per heavy atom. The van der Waals surface area contributed by atoms with Crippen LogP contribution >= 0.6 is 11.6 Å². The maximum absolute atomic E-state index is 13.5. The van der Waals surface area contributed by atoms with Crippen molar-refractivity contribution < 1.29 is 12.8 Å². The summed E-state index contributed by atoms with van der Waals surface area (Å²) in [4.78, 5) is 2.53. The molecule has 1 aromatic heterocycles. The number of fused-ring (bicyclic) bond motifs is 1. The molecule has 0 bridgehead atoms. The predicted molar refractivity (Wildman–Crippen MR) is 119 cm³/mol. The van der Waals surface area contributed by atoms with Crippen LogP contribution in [0.15, 0.2) is 30.3 Å². The Labute approximate surface area is 187 Å². The summed E-state index contributed by atoms with van der Waals surface area (Å²) in [7, 11) is -2.81. The number of likely N-dealkylation sites (tertiary alicyclic amines) is 1. The number of sulfone groups is 1. The van der Waals surface area contributed by atoms with E-state index in [2.05, 4.69) is 20.4 Å². The first kappa shape index (κ1) is 21.1. The van der Waals surface area contributed by atoms with E-state index < -0.39 is 9.84 Å². The van der Waals surface area contributed by atoms with Crippen LogP contribution in [0.25, 0.3) is 11.3 Å². The largest absolute Gasteiger partial charge is 0.366 e. The van der Waals surface area contributed by atoms with Gasteiger partial charge >= 0.3 is 0 Å². The second-order valence-electron chi connectivity index (χ2n) is 9.10. The average molecular weight is 465 g/mol. The zero-order chi connectivity index (χ0) is 21.6. The zero-order valence-corrected chi connectivity index (χ0v) is 18.7. The number of halogens is 2. The summed E-state index contributed by atoms with van der Waals surface area (Å²) in [6, 6.07) is 8.67. The summed E-state index contributed by atoms with van der Waals surface area (Å²) >= 11 is 6.16. The van der Waals surface area contributed by atoms with Crippen molar-refractivity contribution in [1.82, 2.24) is 15.1 Å². The number of rotatable bonds is 4. The van der Waals surface area contributed by atoms with Crippen molar-refractivity contribution >= 4 is 27.3 Å². The Morgan fingerprint density at radius 3 is 2.39 bits per heavy atom. The molecule has 1 N–H and O–H groups in total. The van der Waals surface area contributed by atoms with Gasteiger partial charge in [0.15, 0.2) is 0 Å². The fourth-order valence-corrected chi connectivity index (χ4v) is 7.13. The van der Waals surface area contributed by atoms with E-state index in [-0.39, 0.29) is 5.82 Å². The first-order valence-corrected chi connectivity index (χ1v) is 13.1. The van der Waals surface area contributed by atoms with Gasteiger partial charge in [-0.15, -0.1) is 10.2 Å². The molecule has 2 aromatic rings. The normalized spacial score (nSPS) is 28.5. The lowest BCUT2D eigenvalue weighted by Crippen LogP contribution is -2.40. The first-order chi connectivity index (χ1) is 14.9. The van der Waals surface area contributed by atoms with Crippen molar-refractivity contribution in [2.24, 2.45) is 11.8 Å². The number of nitrogens with zero attached hydrogens (tertiary/aromatic N) is 3. The Morgan fingerprint density at radius 1 is 1.03 bits per heavy atom. The quantitative estimate of drug-likeness (QED) is 0.744. The fraction of sp³-hybridized carbons (Fsp3) is 0.545. The Balaban J connectivity index is 1.16. The molecule has 0 spiro atoms. The van der Waals surface area contributed by atoms with Crippen molar-refractivity contribution in [3.05, 3.63) is 41.2 Å². The van der Waals surface area contributed by atoms with Gasteiger partial charge < -0.3 is 5.32 Å². The zero-order valence-electron chi connectivity index (χ0n) is 17.2. The van der Waals surface area contributed by atoms with Crippen LogP contribution in [0.5, 0.6) is 0 Å². The molecule has 1 aromatic carbocycles. The molecule has 3 heterocycles. The molecule has 0 radical (unpaired) electrons. The number of aromatic nitrogens is 2. The van der Waals surface area contributed by atoms with Gasteiger partial charge in [-0.25, -0.2) is 12.8 Å². The van der Waals surface area contributed by atoms with Crippen molar-refractivity contribution in [3.8, 4) is 11.3 Å². The van der Waals surface area contributed by atoms with Crippen LogP contribution in [0, 0.1) is 17.7 Å². The standard InChI is InChI=1S/C22H26ClFN4O2S/c23-20-2-1-16(24)11-19(20)21-3-4-22(27-26-21)25-17-9-14-12-28(13-15(14)10-17)18-5-7-31(29,30)8-6-18/h1-4,11,14-15,17-18H,5-10,12-13H2,(H,25,27)/t14-,15+,17-. The molecule has 1 saturated carbocycles. The number of nitrogens with one attached hydrogen (secondary N) is 1. The van der Waals surface area contributed by atoms with E-state index in [0.29, 0.717) is 51.7 Å². The van der Waals surface area contributed by atoms with Crippen molar-refractivity contribution in [2.45, 2.75) is 37.8 Å². The lowest BCUT2D eigenvalue weighted by Gasteiger charge is -2.31. The third-order valence-corrected chi connectivity index (χ3v) is 9.09. The van der Waals surface area contributed by atoms with E-state index in [1.165, 1.54) is 18.2 Å². The second kappa shape index (κ2) is 8.30. The smallest absolute Gasteiger partial charge is 0.150 e. The highest BCUT2D eigenvalue weighted by molar-refractivity contribution is 7.91. The Kier molecular flexibility index (Phi) is 5.65. The second-order valence-corrected chi connectivity index (χ2v) is 11.8. The third-order valence-electron chi connectivity index (χ3n) is 7.04. The van der Waals surface area contributed by atoms with Gasteiger partial charge in [0, 0.05) is 30.7 Å². The molecule has 3 fully saturated rings. The number of anilines is 1. The average Bonchev–Trinajstić information content (AvgIpc) is 3.29. The molecule has 1 aliphatic carbocycles. The van der Waals surface area contributed by atoms with Crippen molar-refractivity contribution in [3.63, 3.8) is 0 Å². The van der Waals surface area contributed by atoms with E-state index in [1.54, 1.807) is 0 Å². The van der Waals surface area contributed by atoms with Crippen molar-refractivity contribution in [1.29, 1.82) is 0 Å². The molecule has 9 heteroatoms. The summed E-state index contributed by atoms with van der Waals surface area (Å²) in [6.45, 7) is 2.13. The molecule has 2 aliphatic heterocycles. The van der Waals surface area contributed by atoms with E-state index in [4.69, 9.17) is 11.6 Å². The van der Waals surface area contributed by atoms with Crippen LogP contribution in [0.2, 0.25) is 5.02 Å². The number of hydrogen-bond acceptors (Lipinski definition) is 6. The van der Waals surface area contributed by atoms with Crippen LogP contribution in [0.4, 0.5) is 10.2 Å². The maximum Gasteiger partial charge on any atom is 0.150 e. The minimum Gasteiger partial charge on any atom is -0.366 e. The molecule has 31 heavy (non-hydrogen) atoms. The van der Waals surface area contributed by atoms with E-state index >= 15 is 0 Å². The molecule has 6 nitrogen and oxygen atoms in total. The lowest BCUT2D eigenvalue weighted by molar-refractivity contribution is 0.209. The van der Waals surface area contributed by atoms with Crippen molar-refractivity contribution in [2.75, 3.05) is 29.9 Å². The topological polar surface area (TPSA) is 75.2 Å². The predicted octanol–water partition coefficient (Wildman–Crippen LogP) is 3.64. The van der Waals surface area contributed by atoms with Crippen LogP contribution in [0.3, 0.4) is 0 Å². The van der Waals surface area contributed by atoms with Gasteiger partial charge in [0.2, 0.25) is 0 Å². The van der Waals surface area contributed by atoms with Gasteiger partial charge in [0.05, 0.1) is 22.2 Å². The molecule has 2 saturated heterocycles. The van der Waals surface area contributed by atoms with E-state index in [1.807, 2.05) is 12.1 Å². The summed E-state index contributed by atoms with van der Waals surface area (Å²) in [5, 5.41) is 12.5. The lowest BCUT2D eigenvalue weighted by atomic mass is 10.0. The molecule has 166 valence electrons. The number of benzene rings is 1. The minimum absolute atomic E-state index is 0.336. The van der Waals surface area contributed by atoms with Crippen LogP contribution in [0.1, 0.15) is 25.7 Å². The highest BCUT2D eigenvalue weighted by Gasteiger charge is 2.43.